The van der Waals surface area contributed by atoms with Crippen molar-refractivity contribution in [1.82, 2.24) is 19.6 Å². The largest absolute Gasteiger partial charge is 0.481 e. The fourth-order valence-corrected chi connectivity index (χ4v) is 2.87. The number of fused-ring (bicyclic) bond motifs is 3. The zero-order valence-corrected chi connectivity index (χ0v) is 14.0. The Morgan fingerprint density at radius 3 is 2.63 bits per heavy atom. The number of nitrogens with zero attached hydrogens (tertiary/aromatic N) is 4. The van der Waals surface area contributed by atoms with Crippen LogP contribution in [0.3, 0.4) is 0 Å². The average molecular weight is 364 g/mol. The smallest absolute Gasteiger partial charge is 0.303 e. The zero-order chi connectivity index (χ0) is 19.0. The summed E-state index contributed by atoms with van der Waals surface area (Å²) in [4.78, 5) is 32.0. The summed E-state index contributed by atoms with van der Waals surface area (Å²) in [5, 5.41) is 13.8. The molecule has 0 fully saturated rings. The van der Waals surface area contributed by atoms with Gasteiger partial charge in [-0.1, -0.05) is 30.3 Å². The van der Waals surface area contributed by atoms with Gasteiger partial charge >= 0.3 is 5.97 Å². The summed E-state index contributed by atoms with van der Waals surface area (Å²) < 4.78 is 15.0. The number of aryl methyl sites for hydroxylation is 1. The second-order valence-electron chi connectivity index (χ2n) is 5.95. The second-order valence-corrected chi connectivity index (χ2v) is 5.95. The van der Waals surface area contributed by atoms with Crippen LogP contribution >= 0.6 is 0 Å². The van der Waals surface area contributed by atoms with E-state index >= 15 is 0 Å². The normalized spacial score (nSPS) is 11.1. The highest BCUT2D eigenvalue weighted by atomic mass is 19.1. The van der Waals surface area contributed by atoms with Gasteiger partial charge in [-0.2, -0.15) is 14.6 Å². The van der Waals surface area contributed by atoms with Gasteiger partial charge in [0, 0.05) is 23.4 Å². The van der Waals surface area contributed by atoms with Crippen molar-refractivity contribution in [1.29, 1.82) is 0 Å². The van der Waals surface area contributed by atoms with Gasteiger partial charge in [0.25, 0.3) is 5.56 Å². The minimum absolute atomic E-state index is 0.0596. The number of rotatable bonds is 4. The van der Waals surface area contributed by atoms with E-state index in [9.17, 15) is 14.0 Å². The van der Waals surface area contributed by atoms with Crippen LogP contribution in [0.5, 0.6) is 0 Å². The van der Waals surface area contributed by atoms with Gasteiger partial charge in [-0.15, -0.1) is 0 Å². The van der Waals surface area contributed by atoms with Crippen molar-refractivity contribution in [3.05, 3.63) is 70.5 Å². The molecule has 2 heterocycles. The number of carbonyl (C=O) groups is 1. The third-order valence-corrected chi connectivity index (χ3v) is 4.12. The Kier molecular flexibility index (Phi) is 4.08. The molecule has 0 atom stereocenters. The third kappa shape index (κ3) is 3.12. The molecule has 0 saturated carbocycles. The van der Waals surface area contributed by atoms with E-state index in [1.165, 1.54) is 22.7 Å². The quantitative estimate of drug-likeness (QED) is 0.559. The lowest BCUT2D eigenvalue weighted by Gasteiger charge is -2.11. The first-order valence-electron chi connectivity index (χ1n) is 8.19. The topological polar surface area (TPSA) is 97.5 Å². The first-order chi connectivity index (χ1) is 13.0. The van der Waals surface area contributed by atoms with E-state index in [2.05, 4.69) is 15.1 Å². The highest BCUT2D eigenvalue weighted by molar-refractivity contribution is 5.91. The zero-order valence-electron chi connectivity index (χ0n) is 14.0. The Morgan fingerprint density at radius 2 is 1.89 bits per heavy atom. The van der Waals surface area contributed by atoms with Gasteiger partial charge in [0.1, 0.15) is 11.6 Å². The van der Waals surface area contributed by atoms with Crippen molar-refractivity contribution in [2.45, 2.75) is 12.8 Å². The summed E-state index contributed by atoms with van der Waals surface area (Å²) in [5.74, 6) is -1.20. The van der Waals surface area contributed by atoms with Crippen LogP contribution in [0.2, 0.25) is 0 Å². The van der Waals surface area contributed by atoms with E-state index in [0.717, 1.165) is 0 Å². The van der Waals surface area contributed by atoms with Gasteiger partial charge < -0.3 is 5.11 Å². The van der Waals surface area contributed by atoms with Crippen molar-refractivity contribution in [3.63, 3.8) is 0 Å². The number of carboxylic acids is 1. The number of aliphatic carboxylic acids is 1. The van der Waals surface area contributed by atoms with E-state index in [-0.39, 0.29) is 35.5 Å². The van der Waals surface area contributed by atoms with E-state index in [0.29, 0.717) is 10.9 Å². The molecule has 7 nitrogen and oxygen atoms in total. The highest BCUT2D eigenvalue weighted by Gasteiger charge is 2.15. The lowest BCUT2D eigenvalue weighted by molar-refractivity contribution is -0.137. The standard InChI is InChI=1S/C19H13FN4O3/c20-12-6-7-13-14(10-12)21-15(8-9-16(25)26)24-18(13)22-19(27)17(23-24)11-4-2-1-3-5-11/h1-7,10H,8-9H2,(H,25,26). The molecule has 134 valence electrons. The lowest BCUT2D eigenvalue weighted by atomic mass is 10.1. The Balaban J connectivity index is 2.04. The van der Waals surface area contributed by atoms with Gasteiger partial charge in [-0.05, 0) is 12.1 Å². The SMILES string of the molecule is O=C(O)CCc1nc2cc(F)ccc2c2nc(=O)c(-c3ccccc3)nn12. The molecule has 2 aromatic carbocycles. The van der Waals surface area contributed by atoms with E-state index < -0.39 is 17.3 Å². The van der Waals surface area contributed by atoms with Gasteiger partial charge in [0.15, 0.2) is 11.3 Å². The summed E-state index contributed by atoms with van der Waals surface area (Å²) in [6, 6.07) is 12.8. The molecule has 0 aliphatic rings. The molecule has 0 radical (unpaired) electrons. The molecular formula is C19H13FN4O3. The van der Waals surface area contributed by atoms with Crippen molar-refractivity contribution >= 4 is 22.5 Å². The Bertz CT molecular complexity index is 1240. The number of aromatic nitrogens is 4. The molecule has 1 N–H and O–H groups in total. The van der Waals surface area contributed by atoms with Crippen LogP contribution < -0.4 is 5.56 Å². The molecule has 0 aliphatic heterocycles. The highest BCUT2D eigenvalue weighted by Crippen LogP contribution is 2.20. The van der Waals surface area contributed by atoms with Crippen LogP contribution in [-0.4, -0.2) is 30.7 Å². The van der Waals surface area contributed by atoms with E-state index in [4.69, 9.17) is 5.11 Å². The Morgan fingerprint density at radius 1 is 1.11 bits per heavy atom. The molecule has 27 heavy (non-hydrogen) atoms. The van der Waals surface area contributed by atoms with Crippen LogP contribution in [-0.2, 0) is 11.2 Å². The molecular weight excluding hydrogens is 351 g/mol. The maximum Gasteiger partial charge on any atom is 0.303 e. The van der Waals surface area contributed by atoms with Crippen LogP contribution in [0.25, 0.3) is 27.8 Å². The maximum atomic E-state index is 13.6. The number of hydrogen-bond acceptors (Lipinski definition) is 5. The summed E-state index contributed by atoms with van der Waals surface area (Å²) in [6.07, 6.45) is -0.124. The van der Waals surface area contributed by atoms with Crippen LogP contribution in [0.15, 0.2) is 53.3 Å². The molecule has 0 bridgehead atoms. The second kappa shape index (κ2) is 6.56. The summed E-state index contributed by atoms with van der Waals surface area (Å²) >= 11 is 0. The first kappa shape index (κ1) is 16.8. The predicted octanol–water partition coefficient (Wildman–Crippen LogP) is 2.46. The Labute approximate surface area is 151 Å². The minimum atomic E-state index is -0.999. The van der Waals surface area contributed by atoms with Crippen molar-refractivity contribution < 1.29 is 14.3 Å². The van der Waals surface area contributed by atoms with E-state index in [1.807, 2.05) is 6.07 Å². The van der Waals surface area contributed by atoms with Crippen molar-refractivity contribution in [2.24, 2.45) is 0 Å². The molecule has 4 rings (SSSR count). The summed E-state index contributed by atoms with van der Waals surface area (Å²) in [5.41, 5.74) is 0.699. The first-order valence-corrected chi connectivity index (χ1v) is 8.19. The predicted molar refractivity (Wildman–Crippen MR) is 95.9 cm³/mol. The third-order valence-electron chi connectivity index (χ3n) is 4.12. The van der Waals surface area contributed by atoms with Gasteiger partial charge in [0.2, 0.25) is 0 Å². The minimum Gasteiger partial charge on any atom is -0.481 e. The number of benzene rings is 2. The van der Waals surface area contributed by atoms with Crippen LogP contribution in [0, 0.1) is 5.82 Å². The summed E-state index contributed by atoms with van der Waals surface area (Å²) in [6.45, 7) is 0. The monoisotopic (exact) mass is 364 g/mol. The van der Waals surface area contributed by atoms with E-state index in [1.54, 1.807) is 24.3 Å². The van der Waals surface area contributed by atoms with Gasteiger partial charge in [-0.25, -0.2) is 9.37 Å². The summed E-state index contributed by atoms with van der Waals surface area (Å²) in [7, 11) is 0. The fraction of sp³-hybridized carbons (Fsp3) is 0.105. The maximum absolute atomic E-state index is 13.6. The molecule has 4 aromatic rings. The molecule has 2 aromatic heterocycles. The van der Waals surface area contributed by atoms with Gasteiger partial charge in [0.05, 0.1) is 11.9 Å². The number of hydrogen-bond donors (Lipinski definition) is 1. The number of carboxylic acid groups (broad SMARTS) is 1. The number of halogens is 1. The van der Waals surface area contributed by atoms with Crippen molar-refractivity contribution in [2.75, 3.05) is 0 Å². The Hall–Kier alpha value is -3.68. The van der Waals surface area contributed by atoms with Crippen molar-refractivity contribution in [3.8, 4) is 11.3 Å². The molecule has 0 saturated heterocycles. The fourth-order valence-electron chi connectivity index (χ4n) is 2.87. The molecule has 8 heteroatoms. The average Bonchev–Trinajstić information content (AvgIpc) is 2.66. The molecule has 0 spiro atoms. The molecule has 0 aliphatic carbocycles. The van der Waals surface area contributed by atoms with Crippen LogP contribution in [0.4, 0.5) is 4.39 Å². The lowest BCUT2D eigenvalue weighted by Crippen LogP contribution is -2.19. The van der Waals surface area contributed by atoms with Gasteiger partial charge in [-0.3, -0.25) is 9.59 Å². The van der Waals surface area contributed by atoms with Crippen LogP contribution in [0.1, 0.15) is 12.2 Å². The molecule has 0 unspecified atom stereocenters. The molecule has 0 amide bonds.